The van der Waals surface area contributed by atoms with Crippen molar-refractivity contribution in [3.63, 3.8) is 0 Å². The third-order valence-corrected chi connectivity index (χ3v) is 8.63. The molecule has 1 heterocycles. The van der Waals surface area contributed by atoms with Crippen molar-refractivity contribution in [1.82, 2.24) is 0 Å². The van der Waals surface area contributed by atoms with E-state index in [4.69, 9.17) is 9.47 Å². The van der Waals surface area contributed by atoms with Crippen LogP contribution in [0.4, 0.5) is 0 Å². The van der Waals surface area contributed by atoms with Crippen molar-refractivity contribution in [2.75, 3.05) is 0 Å². The molecule has 1 aromatic rings. The van der Waals surface area contributed by atoms with Crippen LogP contribution in [0.15, 0.2) is 12.2 Å². The van der Waals surface area contributed by atoms with Crippen LogP contribution in [-0.2, 0) is 11.2 Å². The number of ether oxygens (including phenoxy) is 2. The van der Waals surface area contributed by atoms with Gasteiger partial charge in [-0.3, -0.25) is 0 Å². The third kappa shape index (κ3) is 9.48. The molecule has 0 amide bonds. The van der Waals surface area contributed by atoms with Crippen molar-refractivity contribution in [1.29, 1.82) is 0 Å². The SMILES string of the molecule is C=C(C)C(=O)Oc1c(C)c(C)c2c(c1C)CC[C@@](C)(CCCC(C)CCCC(C)CCCCC(C)C)O2. The predicted octanol–water partition coefficient (Wildman–Crippen LogP) is 10.0. The Hall–Kier alpha value is -1.77. The Morgan fingerprint density at radius 2 is 1.46 bits per heavy atom. The Morgan fingerprint density at radius 1 is 0.892 bits per heavy atom. The summed E-state index contributed by atoms with van der Waals surface area (Å²) in [6.07, 6.45) is 15.2. The van der Waals surface area contributed by atoms with E-state index in [9.17, 15) is 4.79 Å². The monoisotopic (exact) mass is 512 g/mol. The topological polar surface area (TPSA) is 35.5 Å². The smallest absolute Gasteiger partial charge is 0.338 e. The second-order valence-electron chi connectivity index (χ2n) is 12.9. The van der Waals surface area contributed by atoms with E-state index >= 15 is 0 Å². The summed E-state index contributed by atoms with van der Waals surface area (Å²) in [6, 6.07) is 0. The van der Waals surface area contributed by atoms with Crippen molar-refractivity contribution in [2.24, 2.45) is 17.8 Å². The fraction of sp³-hybridized carbons (Fsp3) is 0.735. The van der Waals surface area contributed by atoms with Gasteiger partial charge in [-0.15, -0.1) is 0 Å². The molecule has 0 spiro atoms. The molecule has 3 atom stereocenters. The van der Waals surface area contributed by atoms with Gasteiger partial charge in [0.25, 0.3) is 0 Å². The molecule has 0 N–H and O–H groups in total. The van der Waals surface area contributed by atoms with Gasteiger partial charge >= 0.3 is 5.97 Å². The van der Waals surface area contributed by atoms with Crippen molar-refractivity contribution >= 4 is 5.97 Å². The van der Waals surface area contributed by atoms with Crippen molar-refractivity contribution in [3.05, 3.63) is 34.4 Å². The molecule has 0 radical (unpaired) electrons. The van der Waals surface area contributed by atoms with Crippen LogP contribution in [0, 0.1) is 38.5 Å². The molecule has 0 bridgehead atoms. The molecule has 2 rings (SSSR count). The fourth-order valence-corrected chi connectivity index (χ4v) is 5.76. The highest BCUT2D eigenvalue weighted by Gasteiger charge is 2.34. The van der Waals surface area contributed by atoms with Crippen LogP contribution in [0.25, 0.3) is 0 Å². The van der Waals surface area contributed by atoms with E-state index in [1.54, 1.807) is 6.92 Å². The Kier molecular flexibility index (Phi) is 12.2. The van der Waals surface area contributed by atoms with Gasteiger partial charge in [-0.2, -0.15) is 0 Å². The standard InChI is InChI=1S/C34H56O3/c1-23(2)15-11-12-16-25(5)17-13-18-26(6)19-14-21-34(10)22-20-30-29(9)31(36-33(35)24(3)4)27(7)28(8)32(30)37-34/h23,25-26H,3,11-22H2,1-2,4-10H3/t25?,26?,34-/m1/s1. The number of carbonyl (C=O) groups excluding carboxylic acids is 1. The molecule has 3 heteroatoms. The van der Waals surface area contributed by atoms with Gasteiger partial charge < -0.3 is 9.47 Å². The van der Waals surface area contributed by atoms with Crippen LogP contribution in [0.5, 0.6) is 11.5 Å². The summed E-state index contributed by atoms with van der Waals surface area (Å²) < 4.78 is 12.4. The molecular formula is C34H56O3. The lowest BCUT2D eigenvalue weighted by Gasteiger charge is -2.38. The Morgan fingerprint density at radius 3 is 2.05 bits per heavy atom. The Balaban J connectivity index is 1.83. The molecule has 0 aliphatic carbocycles. The van der Waals surface area contributed by atoms with Crippen molar-refractivity contribution in [3.8, 4) is 11.5 Å². The van der Waals surface area contributed by atoms with Crippen LogP contribution >= 0.6 is 0 Å². The molecule has 1 aliphatic rings. The maximum atomic E-state index is 12.2. The average molecular weight is 513 g/mol. The first-order chi connectivity index (χ1) is 17.3. The largest absolute Gasteiger partial charge is 0.487 e. The molecule has 1 aliphatic heterocycles. The number of hydrogen-bond acceptors (Lipinski definition) is 3. The average Bonchev–Trinajstić information content (AvgIpc) is 2.82. The highest BCUT2D eigenvalue weighted by atomic mass is 16.5. The first-order valence-electron chi connectivity index (χ1n) is 15.0. The highest BCUT2D eigenvalue weighted by Crippen LogP contribution is 2.45. The van der Waals surface area contributed by atoms with Gasteiger partial charge in [-0.05, 0) is 94.7 Å². The van der Waals surface area contributed by atoms with Gasteiger partial charge in [0, 0.05) is 11.1 Å². The zero-order valence-electron chi connectivity index (χ0n) is 25.6. The van der Waals surface area contributed by atoms with E-state index in [1.165, 1.54) is 63.4 Å². The second kappa shape index (κ2) is 14.4. The third-order valence-electron chi connectivity index (χ3n) is 8.63. The van der Waals surface area contributed by atoms with Gasteiger partial charge in [0.15, 0.2) is 0 Å². The molecule has 210 valence electrons. The summed E-state index contributed by atoms with van der Waals surface area (Å²) in [5.74, 6) is 3.82. The van der Waals surface area contributed by atoms with Crippen molar-refractivity contribution < 1.29 is 14.3 Å². The minimum atomic E-state index is -0.364. The normalized spacial score (nSPS) is 18.8. The highest BCUT2D eigenvalue weighted by molar-refractivity contribution is 5.89. The summed E-state index contributed by atoms with van der Waals surface area (Å²) in [5.41, 5.74) is 4.57. The van der Waals surface area contributed by atoms with E-state index in [1.807, 2.05) is 13.8 Å². The lowest BCUT2D eigenvalue weighted by molar-refractivity contribution is -0.130. The maximum Gasteiger partial charge on any atom is 0.338 e. The number of esters is 1. The fourth-order valence-electron chi connectivity index (χ4n) is 5.76. The minimum Gasteiger partial charge on any atom is -0.487 e. The zero-order chi connectivity index (χ0) is 27.8. The van der Waals surface area contributed by atoms with E-state index < -0.39 is 0 Å². The van der Waals surface area contributed by atoms with Gasteiger partial charge in [-0.1, -0.05) is 85.6 Å². The lowest BCUT2D eigenvalue weighted by Crippen LogP contribution is -2.37. The molecule has 2 unspecified atom stereocenters. The number of rotatable bonds is 15. The quantitative estimate of drug-likeness (QED) is 0.101. The van der Waals surface area contributed by atoms with Gasteiger partial charge in [-0.25, -0.2) is 4.79 Å². The molecule has 0 saturated heterocycles. The van der Waals surface area contributed by atoms with Crippen LogP contribution in [0.1, 0.15) is 134 Å². The number of hydrogen-bond donors (Lipinski definition) is 0. The van der Waals surface area contributed by atoms with Crippen LogP contribution < -0.4 is 9.47 Å². The van der Waals surface area contributed by atoms with Crippen LogP contribution in [-0.4, -0.2) is 11.6 Å². The summed E-state index contributed by atoms with van der Waals surface area (Å²) >= 11 is 0. The molecular weight excluding hydrogens is 456 g/mol. The molecule has 1 aromatic carbocycles. The molecule has 37 heavy (non-hydrogen) atoms. The lowest BCUT2D eigenvalue weighted by atomic mass is 9.83. The molecule has 0 aromatic heterocycles. The number of benzene rings is 1. The summed E-state index contributed by atoms with van der Waals surface area (Å²) in [5, 5.41) is 0. The Labute approximate surface area is 228 Å². The van der Waals surface area contributed by atoms with Crippen molar-refractivity contribution in [2.45, 2.75) is 145 Å². The van der Waals surface area contributed by atoms with Gasteiger partial charge in [0.1, 0.15) is 17.1 Å². The van der Waals surface area contributed by atoms with E-state index in [2.05, 4.69) is 48.1 Å². The summed E-state index contributed by atoms with van der Waals surface area (Å²) in [7, 11) is 0. The minimum absolute atomic E-state index is 0.128. The van der Waals surface area contributed by atoms with E-state index in [0.717, 1.165) is 59.5 Å². The second-order valence-corrected chi connectivity index (χ2v) is 12.9. The van der Waals surface area contributed by atoms with E-state index in [0.29, 0.717) is 11.3 Å². The maximum absolute atomic E-state index is 12.2. The summed E-state index contributed by atoms with van der Waals surface area (Å²) in [6.45, 7) is 23.4. The molecule has 0 fully saturated rings. The number of carbonyl (C=O) groups is 1. The molecule has 0 saturated carbocycles. The Bertz CT molecular complexity index is 912. The zero-order valence-corrected chi connectivity index (χ0v) is 25.6. The predicted molar refractivity (Wildman–Crippen MR) is 158 cm³/mol. The molecule has 3 nitrogen and oxygen atoms in total. The van der Waals surface area contributed by atoms with Crippen LogP contribution in [0.3, 0.4) is 0 Å². The first-order valence-corrected chi connectivity index (χ1v) is 15.0. The number of fused-ring (bicyclic) bond motifs is 1. The summed E-state index contributed by atoms with van der Waals surface area (Å²) in [4.78, 5) is 12.2. The van der Waals surface area contributed by atoms with Crippen LogP contribution in [0.2, 0.25) is 0 Å². The van der Waals surface area contributed by atoms with E-state index in [-0.39, 0.29) is 11.6 Å². The van der Waals surface area contributed by atoms with Gasteiger partial charge in [0.05, 0.1) is 0 Å². The van der Waals surface area contributed by atoms with Gasteiger partial charge in [0.2, 0.25) is 0 Å². The number of unbranched alkanes of at least 4 members (excludes halogenated alkanes) is 1. The first kappa shape index (κ1) is 31.4.